The van der Waals surface area contributed by atoms with Crippen molar-refractivity contribution in [2.24, 2.45) is 0 Å². The molecule has 0 radical (unpaired) electrons. The van der Waals surface area contributed by atoms with Gasteiger partial charge in [0.15, 0.2) is 11.5 Å². The van der Waals surface area contributed by atoms with Gasteiger partial charge in [0.05, 0.1) is 6.10 Å². The smallest absolute Gasteiger partial charge is 0.162 e. The predicted octanol–water partition coefficient (Wildman–Crippen LogP) is 8.63. The summed E-state index contributed by atoms with van der Waals surface area (Å²) in [5.41, 5.74) is 5.30. The molecular weight excluding hydrogens is 524 g/mol. The van der Waals surface area contributed by atoms with E-state index in [0.29, 0.717) is 37.7 Å². The van der Waals surface area contributed by atoms with Gasteiger partial charge in [-0.05, 0) is 46.5 Å². The lowest BCUT2D eigenvalue weighted by molar-refractivity contribution is 0.0298. The Kier molecular flexibility index (Phi) is 8.67. The van der Waals surface area contributed by atoms with E-state index in [1.165, 1.54) is 0 Å². The van der Waals surface area contributed by atoms with Gasteiger partial charge >= 0.3 is 0 Å². The second-order valence-electron chi connectivity index (χ2n) is 10.3. The number of ether oxygens (including phenoxy) is 5. The molecule has 5 heteroatoms. The van der Waals surface area contributed by atoms with Crippen LogP contribution < -0.4 is 18.9 Å². The topological polar surface area (TPSA) is 46.2 Å². The first-order valence-electron chi connectivity index (χ1n) is 14.2. The van der Waals surface area contributed by atoms with Crippen LogP contribution in [0.25, 0.3) is 0 Å². The van der Waals surface area contributed by atoms with E-state index in [0.717, 1.165) is 39.3 Å². The molecule has 6 rings (SSSR count). The second kappa shape index (κ2) is 13.3. The zero-order valence-corrected chi connectivity index (χ0v) is 23.6. The number of fused-ring (bicyclic) bond motifs is 1. The molecule has 0 aliphatic carbocycles. The fourth-order valence-electron chi connectivity index (χ4n) is 5.09. The maximum Gasteiger partial charge on any atom is 0.162 e. The molecule has 0 bridgehead atoms. The molecule has 0 amide bonds. The summed E-state index contributed by atoms with van der Waals surface area (Å²) in [7, 11) is 1.74. The first-order valence-corrected chi connectivity index (χ1v) is 14.2. The number of hydrogen-bond donors (Lipinski definition) is 0. The van der Waals surface area contributed by atoms with Crippen LogP contribution >= 0.6 is 0 Å². The molecule has 5 aromatic rings. The molecule has 0 unspecified atom stereocenters. The second-order valence-corrected chi connectivity index (χ2v) is 10.3. The maximum atomic E-state index is 6.57. The Hall–Kier alpha value is -4.74. The maximum absolute atomic E-state index is 6.57. The fourth-order valence-corrected chi connectivity index (χ4v) is 5.09. The molecule has 0 fully saturated rings. The summed E-state index contributed by atoms with van der Waals surface area (Å²) in [5.74, 6) is 2.88. The van der Waals surface area contributed by atoms with Crippen molar-refractivity contribution in [2.45, 2.75) is 38.4 Å². The summed E-state index contributed by atoms with van der Waals surface area (Å²) < 4.78 is 31.1. The van der Waals surface area contributed by atoms with Crippen LogP contribution in [0.5, 0.6) is 23.0 Å². The first-order chi connectivity index (χ1) is 20.7. The Morgan fingerprint density at radius 1 is 0.595 bits per heavy atom. The highest BCUT2D eigenvalue weighted by Gasteiger charge is 2.30. The summed E-state index contributed by atoms with van der Waals surface area (Å²) in [6.45, 7) is 1.37. The normalized spacial score (nSPS) is 15.7. The van der Waals surface area contributed by atoms with Crippen molar-refractivity contribution < 1.29 is 23.7 Å². The van der Waals surface area contributed by atoms with Crippen molar-refractivity contribution in [3.8, 4) is 23.0 Å². The van der Waals surface area contributed by atoms with E-state index < -0.39 is 0 Å². The van der Waals surface area contributed by atoms with E-state index in [1.807, 2.05) is 91.0 Å². The zero-order valence-electron chi connectivity index (χ0n) is 23.6. The standard InChI is InChI=1S/C37H34O5/c1-38-35-23-34(42-36-22-31(18-19-32(35)36)39-24-27-11-5-2-6-12-27)30-17-20-33(40-25-28-13-7-3-8-14-28)37(21-30)41-26-29-15-9-4-10-16-29/h2-22,34-35H,23-26H2,1H3/t34-,35+/m1/s1. The number of hydrogen-bond acceptors (Lipinski definition) is 5. The average molecular weight is 559 g/mol. The van der Waals surface area contributed by atoms with Gasteiger partial charge in [-0.2, -0.15) is 0 Å². The van der Waals surface area contributed by atoms with Gasteiger partial charge in [-0.3, -0.25) is 0 Å². The van der Waals surface area contributed by atoms with Crippen LogP contribution in [0.3, 0.4) is 0 Å². The Bertz CT molecular complexity index is 1570. The monoisotopic (exact) mass is 558 g/mol. The third-order valence-corrected chi connectivity index (χ3v) is 7.38. The largest absolute Gasteiger partial charge is 0.489 e. The minimum atomic E-state index is -0.228. The average Bonchev–Trinajstić information content (AvgIpc) is 3.06. The zero-order chi connectivity index (χ0) is 28.6. The molecule has 0 saturated heterocycles. The lowest BCUT2D eigenvalue weighted by atomic mass is 9.94. The lowest BCUT2D eigenvalue weighted by Crippen LogP contribution is -2.20. The molecule has 42 heavy (non-hydrogen) atoms. The van der Waals surface area contributed by atoms with Crippen LogP contribution in [0, 0.1) is 0 Å². The van der Waals surface area contributed by atoms with Crippen molar-refractivity contribution in [3.63, 3.8) is 0 Å². The molecule has 0 aromatic heterocycles. The highest BCUT2D eigenvalue weighted by Crippen LogP contribution is 2.45. The number of methoxy groups -OCH3 is 1. The molecule has 0 spiro atoms. The third kappa shape index (κ3) is 6.76. The summed E-state index contributed by atoms with van der Waals surface area (Å²) in [4.78, 5) is 0. The Morgan fingerprint density at radius 3 is 1.76 bits per heavy atom. The highest BCUT2D eigenvalue weighted by atomic mass is 16.5. The van der Waals surface area contributed by atoms with E-state index in [-0.39, 0.29) is 12.2 Å². The van der Waals surface area contributed by atoms with Crippen LogP contribution in [0.1, 0.15) is 46.4 Å². The Morgan fingerprint density at radius 2 is 1.17 bits per heavy atom. The summed E-state index contributed by atoms with van der Waals surface area (Å²) in [5, 5.41) is 0. The Labute approximate surface area is 247 Å². The summed E-state index contributed by atoms with van der Waals surface area (Å²) in [6, 6.07) is 42.4. The lowest BCUT2D eigenvalue weighted by Gasteiger charge is -2.32. The van der Waals surface area contributed by atoms with E-state index in [1.54, 1.807) is 7.11 Å². The van der Waals surface area contributed by atoms with E-state index in [2.05, 4.69) is 36.4 Å². The molecule has 5 nitrogen and oxygen atoms in total. The minimum absolute atomic E-state index is 0.107. The molecule has 0 N–H and O–H groups in total. The SMILES string of the molecule is CO[C@H]1C[C@H](c2ccc(OCc3ccccc3)c(OCc3ccccc3)c2)Oc2cc(OCc3ccccc3)ccc21. The minimum Gasteiger partial charge on any atom is -0.489 e. The molecule has 1 aliphatic rings. The van der Waals surface area contributed by atoms with Gasteiger partial charge in [0.2, 0.25) is 0 Å². The summed E-state index contributed by atoms with van der Waals surface area (Å²) in [6.07, 6.45) is 0.342. The van der Waals surface area contributed by atoms with Gasteiger partial charge < -0.3 is 23.7 Å². The summed E-state index contributed by atoms with van der Waals surface area (Å²) >= 11 is 0. The van der Waals surface area contributed by atoms with Gasteiger partial charge in [-0.25, -0.2) is 0 Å². The molecular formula is C37H34O5. The van der Waals surface area contributed by atoms with Crippen LogP contribution in [-0.4, -0.2) is 7.11 Å². The van der Waals surface area contributed by atoms with Crippen molar-refractivity contribution >= 4 is 0 Å². The molecule has 0 saturated carbocycles. The highest BCUT2D eigenvalue weighted by molar-refractivity contribution is 5.47. The van der Waals surface area contributed by atoms with Crippen LogP contribution in [0.15, 0.2) is 127 Å². The molecule has 1 aliphatic heterocycles. The van der Waals surface area contributed by atoms with Gasteiger partial charge in [-0.1, -0.05) is 97.1 Å². The van der Waals surface area contributed by atoms with Crippen molar-refractivity contribution in [3.05, 3.63) is 155 Å². The number of benzene rings is 5. The third-order valence-electron chi connectivity index (χ3n) is 7.38. The quantitative estimate of drug-likeness (QED) is 0.162. The first kappa shape index (κ1) is 27.4. The van der Waals surface area contributed by atoms with Crippen molar-refractivity contribution in [1.82, 2.24) is 0 Å². The molecule has 212 valence electrons. The van der Waals surface area contributed by atoms with Gasteiger partial charge in [0.1, 0.15) is 37.4 Å². The molecule has 1 heterocycles. The van der Waals surface area contributed by atoms with Crippen molar-refractivity contribution in [1.29, 1.82) is 0 Å². The van der Waals surface area contributed by atoms with Crippen molar-refractivity contribution in [2.75, 3.05) is 7.11 Å². The van der Waals surface area contributed by atoms with E-state index in [4.69, 9.17) is 23.7 Å². The molecule has 2 atom stereocenters. The van der Waals surface area contributed by atoms with Crippen LogP contribution in [0.2, 0.25) is 0 Å². The molecule has 5 aromatic carbocycles. The Balaban J connectivity index is 1.23. The fraction of sp³-hybridized carbons (Fsp3) is 0.189. The van der Waals surface area contributed by atoms with Gasteiger partial charge in [-0.15, -0.1) is 0 Å². The van der Waals surface area contributed by atoms with Gasteiger partial charge in [0.25, 0.3) is 0 Å². The van der Waals surface area contributed by atoms with E-state index in [9.17, 15) is 0 Å². The van der Waals surface area contributed by atoms with Gasteiger partial charge in [0, 0.05) is 25.2 Å². The predicted molar refractivity (Wildman–Crippen MR) is 163 cm³/mol. The van der Waals surface area contributed by atoms with Crippen LogP contribution in [0.4, 0.5) is 0 Å². The number of rotatable bonds is 11. The van der Waals surface area contributed by atoms with Crippen LogP contribution in [-0.2, 0) is 24.6 Å². The van der Waals surface area contributed by atoms with E-state index >= 15 is 0 Å².